The average Bonchev–Trinajstić information content (AvgIpc) is 2.50. The van der Waals surface area contributed by atoms with Crippen molar-refractivity contribution in [2.45, 2.75) is 123 Å². The molecular formula is C20H43N. The van der Waals surface area contributed by atoms with E-state index in [4.69, 9.17) is 0 Å². The van der Waals surface area contributed by atoms with Crippen LogP contribution < -0.4 is 5.32 Å². The first-order valence-electron chi connectivity index (χ1n) is 10.1. The Bertz CT molecular complexity index is 179. The Morgan fingerprint density at radius 1 is 0.524 bits per heavy atom. The van der Waals surface area contributed by atoms with Gasteiger partial charge in [-0.05, 0) is 25.8 Å². The van der Waals surface area contributed by atoms with Crippen LogP contribution in [0.3, 0.4) is 0 Å². The monoisotopic (exact) mass is 297 g/mol. The van der Waals surface area contributed by atoms with Crippen LogP contribution in [-0.2, 0) is 0 Å². The Labute approximate surface area is 135 Å². The van der Waals surface area contributed by atoms with Crippen LogP contribution >= 0.6 is 0 Å². The summed E-state index contributed by atoms with van der Waals surface area (Å²) in [6.45, 7) is 8.06. The summed E-state index contributed by atoms with van der Waals surface area (Å²) in [5.41, 5.74) is 0. The molecule has 0 aromatic carbocycles. The summed E-state index contributed by atoms with van der Waals surface area (Å²) in [6, 6.07) is 0.786. The average molecular weight is 298 g/mol. The standard InChI is InChI=1S/C20H43N/c1-4-7-8-9-10-11-12-13-14-15-16-18-20(17-5-2)21-19-6-3/h20-21H,4-19H2,1-3H3. The Morgan fingerprint density at radius 3 is 1.52 bits per heavy atom. The van der Waals surface area contributed by atoms with Crippen molar-refractivity contribution in [3.63, 3.8) is 0 Å². The molecule has 1 heteroatoms. The van der Waals surface area contributed by atoms with E-state index >= 15 is 0 Å². The molecule has 0 fully saturated rings. The number of hydrogen-bond acceptors (Lipinski definition) is 1. The molecule has 128 valence electrons. The van der Waals surface area contributed by atoms with Crippen molar-refractivity contribution in [2.75, 3.05) is 6.54 Å². The maximum atomic E-state index is 3.71. The molecule has 0 bridgehead atoms. The molecule has 0 saturated carbocycles. The summed E-state index contributed by atoms with van der Waals surface area (Å²) in [6.07, 6.45) is 21.3. The van der Waals surface area contributed by atoms with Crippen molar-refractivity contribution >= 4 is 0 Å². The molecule has 1 unspecified atom stereocenters. The second-order valence-corrected chi connectivity index (χ2v) is 6.76. The topological polar surface area (TPSA) is 12.0 Å². The highest BCUT2D eigenvalue weighted by molar-refractivity contribution is 4.66. The number of nitrogens with one attached hydrogen (secondary N) is 1. The predicted molar refractivity (Wildman–Crippen MR) is 98.1 cm³/mol. The zero-order valence-electron chi connectivity index (χ0n) is 15.4. The van der Waals surface area contributed by atoms with Crippen LogP contribution in [0.2, 0.25) is 0 Å². The molecule has 0 heterocycles. The SMILES string of the molecule is CCCCCCCCCCCCCC(CCC)NCCC. The lowest BCUT2D eigenvalue weighted by atomic mass is 10.0. The summed E-state index contributed by atoms with van der Waals surface area (Å²) in [7, 11) is 0. The molecule has 0 amide bonds. The van der Waals surface area contributed by atoms with Gasteiger partial charge in [0.2, 0.25) is 0 Å². The van der Waals surface area contributed by atoms with Gasteiger partial charge in [0.1, 0.15) is 0 Å². The normalized spacial score (nSPS) is 12.7. The fraction of sp³-hybridized carbons (Fsp3) is 1.00. The van der Waals surface area contributed by atoms with E-state index in [0.29, 0.717) is 0 Å². The Balaban J connectivity index is 3.25. The molecule has 0 aromatic heterocycles. The van der Waals surface area contributed by atoms with E-state index in [0.717, 1.165) is 6.04 Å². The van der Waals surface area contributed by atoms with Crippen molar-refractivity contribution in [1.82, 2.24) is 5.32 Å². The first-order valence-corrected chi connectivity index (χ1v) is 10.1. The summed E-state index contributed by atoms with van der Waals surface area (Å²) < 4.78 is 0. The Morgan fingerprint density at radius 2 is 1.05 bits per heavy atom. The van der Waals surface area contributed by atoms with Crippen LogP contribution in [0, 0.1) is 0 Å². The molecule has 0 saturated heterocycles. The molecular weight excluding hydrogens is 254 g/mol. The minimum Gasteiger partial charge on any atom is -0.314 e. The minimum atomic E-state index is 0.786. The van der Waals surface area contributed by atoms with Gasteiger partial charge in [-0.25, -0.2) is 0 Å². The van der Waals surface area contributed by atoms with Crippen molar-refractivity contribution in [1.29, 1.82) is 0 Å². The molecule has 1 atom stereocenters. The molecule has 1 N–H and O–H groups in total. The van der Waals surface area contributed by atoms with Gasteiger partial charge in [-0.15, -0.1) is 0 Å². The van der Waals surface area contributed by atoms with Crippen molar-refractivity contribution in [3.05, 3.63) is 0 Å². The van der Waals surface area contributed by atoms with Crippen molar-refractivity contribution < 1.29 is 0 Å². The zero-order chi connectivity index (χ0) is 15.6. The van der Waals surface area contributed by atoms with E-state index in [2.05, 4.69) is 26.1 Å². The Hall–Kier alpha value is -0.0400. The fourth-order valence-electron chi connectivity index (χ4n) is 3.10. The minimum absolute atomic E-state index is 0.786. The maximum Gasteiger partial charge on any atom is 0.00669 e. The first-order chi connectivity index (χ1) is 10.3. The summed E-state index contributed by atoms with van der Waals surface area (Å²) in [5, 5.41) is 3.71. The van der Waals surface area contributed by atoms with Crippen LogP contribution in [0.4, 0.5) is 0 Å². The summed E-state index contributed by atoms with van der Waals surface area (Å²) in [5.74, 6) is 0. The quantitative estimate of drug-likeness (QED) is 0.289. The molecule has 0 spiro atoms. The van der Waals surface area contributed by atoms with E-state index in [1.54, 1.807) is 0 Å². The molecule has 1 nitrogen and oxygen atoms in total. The van der Waals surface area contributed by atoms with Gasteiger partial charge in [-0.2, -0.15) is 0 Å². The second kappa shape index (κ2) is 18.0. The van der Waals surface area contributed by atoms with Gasteiger partial charge in [0.05, 0.1) is 0 Å². The van der Waals surface area contributed by atoms with Crippen LogP contribution in [0.1, 0.15) is 117 Å². The van der Waals surface area contributed by atoms with Crippen LogP contribution in [-0.4, -0.2) is 12.6 Å². The molecule has 0 radical (unpaired) electrons. The fourth-order valence-corrected chi connectivity index (χ4v) is 3.10. The van der Waals surface area contributed by atoms with E-state index in [9.17, 15) is 0 Å². The van der Waals surface area contributed by atoms with E-state index in [1.807, 2.05) is 0 Å². The largest absolute Gasteiger partial charge is 0.314 e. The van der Waals surface area contributed by atoms with E-state index in [1.165, 1.54) is 103 Å². The predicted octanol–water partition coefficient (Wildman–Crippen LogP) is 6.86. The lowest BCUT2D eigenvalue weighted by Crippen LogP contribution is -2.29. The van der Waals surface area contributed by atoms with E-state index < -0.39 is 0 Å². The highest BCUT2D eigenvalue weighted by Crippen LogP contribution is 2.13. The highest BCUT2D eigenvalue weighted by Gasteiger charge is 2.05. The van der Waals surface area contributed by atoms with Gasteiger partial charge in [-0.3, -0.25) is 0 Å². The molecule has 0 rings (SSSR count). The van der Waals surface area contributed by atoms with Crippen LogP contribution in [0.15, 0.2) is 0 Å². The second-order valence-electron chi connectivity index (χ2n) is 6.76. The molecule has 0 aliphatic carbocycles. The van der Waals surface area contributed by atoms with Crippen LogP contribution in [0.25, 0.3) is 0 Å². The smallest absolute Gasteiger partial charge is 0.00669 e. The summed E-state index contributed by atoms with van der Waals surface area (Å²) >= 11 is 0. The van der Waals surface area contributed by atoms with Crippen LogP contribution in [0.5, 0.6) is 0 Å². The maximum absolute atomic E-state index is 3.71. The third kappa shape index (κ3) is 16.2. The number of hydrogen-bond donors (Lipinski definition) is 1. The number of unbranched alkanes of at least 4 members (excludes halogenated alkanes) is 10. The number of rotatable bonds is 17. The molecule has 0 aromatic rings. The zero-order valence-corrected chi connectivity index (χ0v) is 15.4. The molecule has 21 heavy (non-hydrogen) atoms. The molecule has 0 aliphatic heterocycles. The first kappa shape index (κ1) is 21.0. The highest BCUT2D eigenvalue weighted by atomic mass is 14.9. The lowest BCUT2D eigenvalue weighted by Gasteiger charge is -2.17. The van der Waals surface area contributed by atoms with Gasteiger partial charge in [0.25, 0.3) is 0 Å². The van der Waals surface area contributed by atoms with Gasteiger partial charge in [0.15, 0.2) is 0 Å². The lowest BCUT2D eigenvalue weighted by molar-refractivity contribution is 0.426. The third-order valence-corrected chi connectivity index (χ3v) is 4.48. The van der Waals surface area contributed by atoms with Gasteiger partial charge in [0, 0.05) is 6.04 Å². The van der Waals surface area contributed by atoms with Gasteiger partial charge < -0.3 is 5.32 Å². The third-order valence-electron chi connectivity index (χ3n) is 4.48. The van der Waals surface area contributed by atoms with Gasteiger partial charge >= 0.3 is 0 Å². The van der Waals surface area contributed by atoms with Crippen molar-refractivity contribution in [2.24, 2.45) is 0 Å². The van der Waals surface area contributed by atoms with Gasteiger partial charge in [-0.1, -0.05) is 97.8 Å². The van der Waals surface area contributed by atoms with E-state index in [-0.39, 0.29) is 0 Å². The van der Waals surface area contributed by atoms with Crippen molar-refractivity contribution in [3.8, 4) is 0 Å². The Kier molecular flexibility index (Phi) is 18.0. The molecule has 0 aliphatic rings. The summed E-state index contributed by atoms with van der Waals surface area (Å²) in [4.78, 5) is 0.